The van der Waals surface area contributed by atoms with Crippen molar-refractivity contribution in [2.24, 2.45) is 5.10 Å². The number of methoxy groups -OCH3 is 1. The van der Waals surface area contributed by atoms with E-state index in [2.05, 4.69) is 50.8 Å². The van der Waals surface area contributed by atoms with Crippen molar-refractivity contribution in [1.29, 1.82) is 0 Å². The zero-order chi connectivity index (χ0) is 32.3. The average molecular weight is 686 g/mol. The third-order valence-electron chi connectivity index (χ3n) is 8.81. The van der Waals surface area contributed by atoms with Crippen LogP contribution >= 0.6 is 15.9 Å². The van der Waals surface area contributed by atoms with Crippen LogP contribution < -0.4 is 5.56 Å². The third kappa shape index (κ3) is 6.09. The van der Waals surface area contributed by atoms with Crippen molar-refractivity contribution in [2.75, 3.05) is 7.11 Å². The van der Waals surface area contributed by atoms with E-state index in [0.29, 0.717) is 22.3 Å². The summed E-state index contributed by atoms with van der Waals surface area (Å²) in [6.45, 7) is 0. The maximum Gasteiger partial charge on any atom is 0.337 e. The highest BCUT2D eigenvalue weighted by molar-refractivity contribution is 9.10. The topological polar surface area (TPSA) is 78.5 Å². The van der Waals surface area contributed by atoms with E-state index in [0.717, 1.165) is 63.9 Å². The number of hydrogen-bond acceptors (Lipinski definition) is 5. The summed E-state index contributed by atoms with van der Waals surface area (Å²) in [7, 11) is 1.38. The Morgan fingerprint density at radius 1 is 0.872 bits per heavy atom. The number of carbonyl (C=O) groups is 1. The fourth-order valence-corrected chi connectivity index (χ4v) is 6.86. The van der Waals surface area contributed by atoms with Gasteiger partial charge in [0.25, 0.3) is 5.56 Å². The van der Waals surface area contributed by atoms with E-state index in [-0.39, 0.29) is 11.5 Å². The first kappa shape index (κ1) is 30.6. The molecule has 1 saturated carbocycles. The molecule has 6 aromatic rings. The molecule has 7 nitrogen and oxygen atoms in total. The first-order chi connectivity index (χ1) is 23.0. The van der Waals surface area contributed by atoms with Crippen molar-refractivity contribution in [3.05, 3.63) is 141 Å². The second kappa shape index (κ2) is 13.3. The van der Waals surface area contributed by atoms with E-state index in [4.69, 9.17) is 14.8 Å². The third-order valence-corrected chi connectivity index (χ3v) is 9.30. The second-order valence-corrected chi connectivity index (χ2v) is 12.7. The van der Waals surface area contributed by atoms with E-state index in [1.165, 1.54) is 18.2 Å². The van der Waals surface area contributed by atoms with Gasteiger partial charge in [0.05, 0.1) is 41.2 Å². The van der Waals surface area contributed by atoms with Gasteiger partial charge in [-0.15, -0.1) is 0 Å². The second-order valence-electron chi connectivity index (χ2n) is 11.8. The molecule has 0 bridgehead atoms. The van der Waals surface area contributed by atoms with Crippen LogP contribution in [0.1, 0.15) is 59.8 Å². The molecule has 0 N–H and O–H groups in total. The summed E-state index contributed by atoms with van der Waals surface area (Å²) in [6, 6.07) is 35.4. The molecule has 47 heavy (non-hydrogen) atoms. The molecule has 0 saturated heterocycles. The van der Waals surface area contributed by atoms with Crippen LogP contribution in [0.2, 0.25) is 0 Å². The molecular formula is C39H33BrN4O3. The molecule has 1 aliphatic rings. The maximum absolute atomic E-state index is 14.1. The zero-order valence-electron chi connectivity index (χ0n) is 26.0. The highest BCUT2D eigenvalue weighted by Gasteiger charge is 2.24. The number of hydrogen-bond donors (Lipinski definition) is 0. The molecule has 7 rings (SSSR count). The lowest BCUT2D eigenvalue weighted by Gasteiger charge is -2.22. The first-order valence-electron chi connectivity index (χ1n) is 15.8. The van der Waals surface area contributed by atoms with Gasteiger partial charge in [-0.3, -0.25) is 4.79 Å². The molecule has 0 atom stereocenters. The van der Waals surface area contributed by atoms with Crippen LogP contribution in [0, 0.1) is 0 Å². The predicted octanol–water partition coefficient (Wildman–Crippen LogP) is 9.00. The molecule has 0 amide bonds. The number of rotatable bonds is 7. The Kier molecular flexibility index (Phi) is 8.68. The summed E-state index contributed by atoms with van der Waals surface area (Å²) >= 11 is 3.53. The predicted molar refractivity (Wildman–Crippen MR) is 191 cm³/mol. The average Bonchev–Trinajstić information content (AvgIpc) is 3.51. The van der Waals surface area contributed by atoms with Crippen LogP contribution in [0.15, 0.2) is 124 Å². The minimum atomic E-state index is -0.390. The van der Waals surface area contributed by atoms with E-state index in [1.807, 2.05) is 66.7 Å². The Hall–Kier alpha value is -5.08. The number of benzene rings is 4. The van der Waals surface area contributed by atoms with E-state index in [1.54, 1.807) is 18.3 Å². The summed E-state index contributed by atoms with van der Waals surface area (Å²) in [4.78, 5) is 31.4. The monoisotopic (exact) mass is 684 g/mol. The van der Waals surface area contributed by atoms with Gasteiger partial charge in [0.2, 0.25) is 0 Å². The number of nitrogens with zero attached hydrogens (tertiary/aromatic N) is 4. The molecule has 1 fully saturated rings. The molecule has 2 heterocycles. The fraction of sp³-hybridized carbons (Fsp3) is 0.179. The van der Waals surface area contributed by atoms with Gasteiger partial charge in [-0.2, -0.15) is 9.78 Å². The molecule has 0 aliphatic heterocycles. The normalized spacial score (nSPS) is 13.7. The lowest BCUT2D eigenvalue weighted by Crippen LogP contribution is -2.25. The van der Waals surface area contributed by atoms with Crippen LogP contribution in [0.5, 0.6) is 0 Å². The molecule has 2 aromatic heterocycles. The molecular weight excluding hydrogens is 652 g/mol. The number of esters is 1. The van der Waals surface area contributed by atoms with Gasteiger partial charge < -0.3 is 9.30 Å². The van der Waals surface area contributed by atoms with Gasteiger partial charge in [0, 0.05) is 21.6 Å². The Bertz CT molecular complexity index is 2150. The van der Waals surface area contributed by atoms with Crippen LogP contribution in [0.4, 0.5) is 0 Å². The van der Waals surface area contributed by atoms with E-state index < -0.39 is 5.97 Å². The number of fused-ring (bicyclic) bond motifs is 1. The summed E-state index contributed by atoms with van der Waals surface area (Å²) in [6.07, 6.45) is 7.16. The minimum absolute atomic E-state index is 0.160. The Balaban J connectivity index is 1.46. The number of aromatic nitrogens is 3. The molecule has 234 valence electrons. The molecule has 0 unspecified atom stereocenters. The van der Waals surface area contributed by atoms with Gasteiger partial charge in [0.15, 0.2) is 0 Å². The largest absolute Gasteiger partial charge is 0.465 e. The zero-order valence-corrected chi connectivity index (χ0v) is 27.6. The fourth-order valence-electron chi connectivity index (χ4n) is 6.50. The quantitative estimate of drug-likeness (QED) is 0.124. The Labute approximate surface area is 281 Å². The highest BCUT2D eigenvalue weighted by Crippen LogP contribution is 2.36. The molecule has 0 spiro atoms. The standard InChI is InChI=1S/C39H33BrN4O3/c1-47-39(46)29-17-20-32(21-18-29)43-35(26-11-5-2-6-12-26)23-30(36(43)27-13-7-3-8-14-27)25-41-44-37(28-15-9-4-10-16-28)42-34-22-19-31(40)24-33(34)38(44)45/h2-3,5-8,11-14,17-25,28H,4,9-10,15-16H2,1H3. The van der Waals surface area contributed by atoms with Crippen molar-refractivity contribution in [1.82, 2.24) is 14.2 Å². The van der Waals surface area contributed by atoms with Gasteiger partial charge >= 0.3 is 5.97 Å². The summed E-state index contributed by atoms with van der Waals surface area (Å²) in [5, 5.41) is 5.46. The molecule has 1 aliphatic carbocycles. The first-order valence-corrected chi connectivity index (χ1v) is 16.6. The molecule has 0 radical (unpaired) electrons. The van der Waals surface area contributed by atoms with Gasteiger partial charge in [-0.05, 0) is 72.5 Å². The van der Waals surface area contributed by atoms with Crippen LogP contribution in [-0.4, -0.2) is 33.5 Å². The van der Waals surface area contributed by atoms with E-state index in [9.17, 15) is 9.59 Å². The van der Waals surface area contributed by atoms with Crippen molar-refractivity contribution in [2.45, 2.75) is 38.0 Å². The van der Waals surface area contributed by atoms with Crippen molar-refractivity contribution in [3.63, 3.8) is 0 Å². The Morgan fingerprint density at radius 2 is 1.55 bits per heavy atom. The maximum atomic E-state index is 14.1. The highest BCUT2D eigenvalue weighted by atomic mass is 79.9. The van der Waals surface area contributed by atoms with Gasteiger partial charge in [-0.25, -0.2) is 9.78 Å². The van der Waals surface area contributed by atoms with Crippen molar-refractivity contribution in [3.8, 4) is 28.2 Å². The lowest BCUT2D eigenvalue weighted by molar-refractivity contribution is 0.0600. The van der Waals surface area contributed by atoms with Gasteiger partial charge in [-0.1, -0.05) is 95.9 Å². The van der Waals surface area contributed by atoms with Gasteiger partial charge in [0.1, 0.15) is 5.82 Å². The van der Waals surface area contributed by atoms with Crippen LogP contribution in [0.3, 0.4) is 0 Å². The molecule has 4 aromatic carbocycles. The lowest BCUT2D eigenvalue weighted by atomic mass is 9.88. The number of carbonyl (C=O) groups excluding carboxylic acids is 1. The van der Waals surface area contributed by atoms with E-state index >= 15 is 0 Å². The number of halogens is 1. The van der Waals surface area contributed by atoms with Crippen LogP contribution in [0.25, 0.3) is 39.1 Å². The SMILES string of the molecule is COC(=O)c1ccc(-n2c(-c3ccccc3)cc(C=Nn3c(C4CCCCC4)nc4ccc(Br)cc4c3=O)c2-c2ccccc2)cc1. The smallest absolute Gasteiger partial charge is 0.337 e. The summed E-state index contributed by atoms with van der Waals surface area (Å²) in [5.41, 5.74) is 6.51. The number of ether oxygens (including phenoxy) is 1. The van der Waals surface area contributed by atoms with Crippen molar-refractivity contribution < 1.29 is 9.53 Å². The van der Waals surface area contributed by atoms with Crippen molar-refractivity contribution >= 4 is 39.0 Å². The van der Waals surface area contributed by atoms with Crippen LogP contribution in [-0.2, 0) is 4.74 Å². The Morgan fingerprint density at radius 3 is 2.23 bits per heavy atom. The summed E-state index contributed by atoms with van der Waals surface area (Å²) < 4.78 is 9.45. The summed E-state index contributed by atoms with van der Waals surface area (Å²) in [5.74, 6) is 0.481. The minimum Gasteiger partial charge on any atom is -0.465 e. The molecule has 8 heteroatoms.